The van der Waals surface area contributed by atoms with E-state index in [1.54, 1.807) is 0 Å². The first-order valence-corrected chi connectivity index (χ1v) is 15.2. The molecule has 0 atom stereocenters. The number of halogens is 6. The van der Waals surface area contributed by atoms with Crippen molar-refractivity contribution in [1.82, 2.24) is 20.7 Å². The van der Waals surface area contributed by atoms with E-state index in [1.807, 2.05) is 0 Å². The first-order chi connectivity index (χ1) is 22.1. The number of rotatable bonds is 12. The van der Waals surface area contributed by atoms with Crippen LogP contribution in [0.4, 0.5) is 26.3 Å². The van der Waals surface area contributed by atoms with Crippen molar-refractivity contribution in [1.29, 1.82) is 0 Å². The third kappa shape index (κ3) is 10.1. The first kappa shape index (κ1) is 36.1. The van der Waals surface area contributed by atoms with Gasteiger partial charge < -0.3 is 19.9 Å². The van der Waals surface area contributed by atoms with E-state index in [-0.39, 0.29) is 57.3 Å². The van der Waals surface area contributed by atoms with E-state index in [2.05, 4.69) is 15.6 Å². The van der Waals surface area contributed by atoms with Gasteiger partial charge in [0.25, 0.3) is 5.91 Å². The average molecular weight is 707 g/mol. The molecule has 0 saturated carbocycles. The van der Waals surface area contributed by atoms with Crippen molar-refractivity contribution in [2.45, 2.75) is 18.8 Å². The van der Waals surface area contributed by atoms with Gasteiger partial charge in [0.15, 0.2) is 4.32 Å². The molecule has 0 radical (unpaired) electrons. The maximum atomic E-state index is 13.6. The van der Waals surface area contributed by atoms with Crippen LogP contribution in [-0.2, 0) is 31.5 Å². The molecule has 3 N–H and O–H groups in total. The lowest BCUT2D eigenvalue weighted by Crippen LogP contribution is -2.46. The van der Waals surface area contributed by atoms with Gasteiger partial charge in [-0.3, -0.25) is 19.3 Å². The molecular weight excluding hydrogens is 678 g/mol. The summed E-state index contributed by atoms with van der Waals surface area (Å²) in [7, 11) is 0. The Balaban J connectivity index is 1.63. The van der Waals surface area contributed by atoms with Gasteiger partial charge in [-0.05, 0) is 47.5 Å². The quantitative estimate of drug-likeness (QED) is 0.167. The van der Waals surface area contributed by atoms with Crippen LogP contribution in [0.2, 0.25) is 0 Å². The topological polar surface area (TPSA) is 120 Å². The van der Waals surface area contributed by atoms with Crippen molar-refractivity contribution in [2.24, 2.45) is 0 Å². The van der Waals surface area contributed by atoms with Crippen molar-refractivity contribution in [3.8, 4) is 16.9 Å². The van der Waals surface area contributed by atoms with Crippen molar-refractivity contribution < 1.29 is 55.3 Å². The summed E-state index contributed by atoms with van der Waals surface area (Å²) >= 11 is 6.10. The summed E-state index contributed by atoms with van der Waals surface area (Å²) < 4.78 is 92.7. The average Bonchev–Trinajstić information content (AvgIpc) is 3.27. The number of hydrogen-bond donors (Lipinski definition) is 3. The van der Waals surface area contributed by atoms with Gasteiger partial charge in [-0.1, -0.05) is 30.0 Å². The molecule has 0 unspecified atom stereocenters. The maximum absolute atomic E-state index is 13.6. The Morgan fingerprint density at radius 2 is 1.68 bits per heavy atom. The molecule has 2 aromatic rings. The lowest BCUT2D eigenvalue weighted by atomic mass is 9.97. The van der Waals surface area contributed by atoms with Crippen molar-refractivity contribution >= 4 is 52.2 Å². The summed E-state index contributed by atoms with van der Waals surface area (Å²) in [6.07, 6.45) is -9.05. The number of ether oxygens (including phenoxy) is 2. The number of nitrogens with zero attached hydrogens (tertiary/aromatic N) is 2. The molecule has 2 aliphatic rings. The monoisotopic (exact) mass is 706 g/mol. The molecule has 0 bridgehead atoms. The predicted octanol–water partition coefficient (Wildman–Crippen LogP) is 4.40. The van der Waals surface area contributed by atoms with E-state index in [0.717, 1.165) is 16.8 Å². The van der Waals surface area contributed by atoms with E-state index in [0.29, 0.717) is 45.0 Å². The molecule has 2 aromatic carbocycles. The maximum Gasteiger partial charge on any atom is 0.416 e. The van der Waals surface area contributed by atoms with E-state index in [4.69, 9.17) is 26.8 Å². The van der Waals surface area contributed by atoms with Crippen LogP contribution in [0.25, 0.3) is 17.2 Å². The number of carboxylic acids is 1. The molecule has 2 saturated heterocycles. The number of amides is 2. The van der Waals surface area contributed by atoms with Crippen LogP contribution in [0.15, 0.2) is 41.3 Å². The Hall–Kier alpha value is -3.71. The highest BCUT2D eigenvalue weighted by Crippen LogP contribution is 2.40. The van der Waals surface area contributed by atoms with Gasteiger partial charge in [-0.2, -0.15) is 26.3 Å². The summed E-state index contributed by atoms with van der Waals surface area (Å²) in [5, 5.41) is 12.0. The zero-order chi connectivity index (χ0) is 34.4. The fraction of sp³-hybridized carbons (Fsp3) is 0.379. The zero-order valence-corrected chi connectivity index (χ0v) is 26.0. The van der Waals surface area contributed by atoms with Crippen LogP contribution in [0.1, 0.15) is 23.1 Å². The molecule has 18 heteroatoms. The summed E-state index contributed by atoms with van der Waals surface area (Å²) in [6.45, 7) is 2.61. The molecule has 2 amide bonds. The molecule has 4 rings (SSSR count). The molecule has 0 aromatic heterocycles. The van der Waals surface area contributed by atoms with E-state index in [1.165, 1.54) is 24.3 Å². The number of nitrogens with one attached hydrogen (secondary N) is 2. The standard InChI is InChI=1S/C29H28F6N4O6S2/c30-28(31,32)20-12-18(13-21(15-20)29(33,34)35)17-1-2-22(45-10-7-38-5-8-44-9-6-38)19(11-17)14-23-26(43)39(27(46)47-23)37-16-24(40)36-4-3-25(41)42/h1-2,11-15,37H,3-10,16H2,(H,36,40)(H,41,42). The molecule has 254 valence electrons. The van der Waals surface area contributed by atoms with E-state index in [9.17, 15) is 40.7 Å². The molecule has 0 aliphatic carbocycles. The number of hydrazine groups is 1. The van der Waals surface area contributed by atoms with Gasteiger partial charge in [0.2, 0.25) is 5.91 Å². The van der Waals surface area contributed by atoms with Gasteiger partial charge in [-0.25, -0.2) is 10.4 Å². The number of hydrogen-bond acceptors (Lipinski definition) is 9. The van der Waals surface area contributed by atoms with Crippen molar-refractivity contribution in [3.05, 3.63) is 58.0 Å². The smallest absolute Gasteiger partial charge is 0.416 e. The van der Waals surface area contributed by atoms with Crippen molar-refractivity contribution in [2.75, 3.05) is 52.5 Å². The Labute approximate surface area is 274 Å². The number of morpholine rings is 1. The van der Waals surface area contributed by atoms with Crippen molar-refractivity contribution in [3.63, 3.8) is 0 Å². The number of thioether (sulfide) groups is 1. The van der Waals surface area contributed by atoms with E-state index < -0.39 is 47.8 Å². The number of alkyl halides is 6. The van der Waals surface area contributed by atoms with Crippen LogP contribution < -0.4 is 15.5 Å². The molecule has 2 fully saturated rings. The van der Waals surface area contributed by atoms with Gasteiger partial charge in [0.05, 0.1) is 42.2 Å². The van der Waals surface area contributed by atoms with Gasteiger partial charge in [-0.15, -0.1) is 0 Å². The first-order valence-electron chi connectivity index (χ1n) is 14.0. The van der Waals surface area contributed by atoms with Crippen LogP contribution >= 0.6 is 24.0 Å². The molecule has 0 spiro atoms. The Morgan fingerprint density at radius 3 is 2.30 bits per heavy atom. The normalized spacial score (nSPS) is 17.0. The number of carboxylic acid groups (broad SMARTS) is 1. The molecule has 2 aliphatic heterocycles. The second-order valence-corrected chi connectivity index (χ2v) is 11.9. The minimum absolute atomic E-state index is 0.0000137. The molecule has 47 heavy (non-hydrogen) atoms. The minimum Gasteiger partial charge on any atom is -0.492 e. The second-order valence-electron chi connectivity index (χ2n) is 10.2. The largest absolute Gasteiger partial charge is 0.492 e. The third-order valence-electron chi connectivity index (χ3n) is 6.84. The summed E-state index contributed by atoms with van der Waals surface area (Å²) in [6, 6.07) is 5.30. The Bertz CT molecular complexity index is 1510. The Morgan fingerprint density at radius 1 is 1.02 bits per heavy atom. The predicted molar refractivity (Wildman–Crippen MR) is 163 cm³/mol. The summed E-state index contributed by atoms with van der Waals surface area (Å²) in [5.41, 5.74) is -0.571. The number of thiocarbonyl (C=S) groups is 1. The SMILES string of the molecule is O=C(O)CCNC(=O)CNN1C(=O)C(=Cc2cc(-c3cc(C(F)(F)F)cc(C(F)(F)F)c3)ccc2OCCN2CCOCC2)SC1=S. The molecule has 10 nitrogen and oxygen atoms in total. The number of carbonyl (C=O) groups is 3. The number of aliphatic carboxylic acids is 1. The zero-order valence-electron chi connectivity index (χ0n) is 24.4. The lowest BCUT2D eigenvalue weighted by molar-refractivity contribution is -0.143. The third-order valence-corrected chi connectivity index (χ3v) is 8.14. The Kier molecular flexibility index (Phi) is 11.9. The fourth-order valence-electron chi connectivity index (χ4n) is 4.47. The molecular formula is C29H28F6N4O6S2. The number of carbonyl (C=O) groups excluding carboxylic acids is 2. The second kappa shape index (κ2) is 15.5. The van der Waals surface area contributed by atoms with Crippen LogP contribution in [0.3, 0.4) is 0 Å². The fourth-order valence-corrected chi connectivity index (χ4v) is 5.68. The summed E-state index contributed by atoms with van der Waals surface area (Å²) in [4.78, 5) is 38.0. The van der Waals surface area contributed by atoms with E-state index >= 15 is 0 Å². The van der Waals surface area contributed by atoms with Gasteiger partial charge in [0, 0.05) is 31.7 Å². The highest BCUT2D eigenvalue weighted by atomic mass is 32.2. The minimum atomic E-state index is -5.05. The molecule has 2 heterocycles. The number of benzene rings is 2. The van der Waals surface area contributed by atoms with Crippen LogP contribution in [-0.4, -0.2) is 89.7 Å². The van der Waals surface area contributed by atoms with Gasteiger partial charge in [0.1, 0.15) is 12.4 Å². The highest BCUT2D eigenvalue weighted by Gasteiger charge is 2.37. The van der Waals surface area contributed by atoms with Crippen LogP contribution in [0, 0.1) is 0 Å². The van der Waals surface area contributed by atoms with Gasteiger partial charge >= 0.3 is 18.3 Å². The lowest BCUT2D eigenvalue weighted by Gasteiger charge is -2.26. The van der Waals surface area contributed by atoms with Crippen LogP contribution in [0.5, 0.6) is 5.75 Å². The highest BCUT2D eigenvalue weighted by molar-refractivity contribution is 8.26. The summed E-state index contributed by atoms with van der Waals surface area (Å²) in [5.74, 6) is -2.18.